The number of hydrogen-bond acceptors (Lipinski definition) is 5. The number of rotatable bonds is 7. The van der Waals surface area contributed by atoms with E-state index < -0.39 is 14.9 Å². The van der Waals surface area contributed by atoms with Crippen molar-refractivity contribution in [3.63, 3.8) is 0 Å². The summed E-state index contributed by atoms with van der Waals surface area (Å²) in [7, 11) is -3.75. The lowest BCUT2D eigenvalue weighted by molar-refractivity contribution is -0.385. The first-order valence-corrected chi connectivity index (χ1v) is 8.47. The Morgan fingerprint density at radius 3 is 2.62 bits per heavy atom. The van der Waals surface area contributed by atoms with E-state index in [1.54, 1.807) is 0 Å². The second-order valence-electron chi connectivity index (χ2n) is 5.11. The average molecular weight is 313 g/mol. The van der Waals surface area contributed by atoms with E-state index in [4.69, 9.17) is 0 Å². The molecule has 1 aromatic carbocycles. The first-order valence-electron chi connectivity index (χ1n) is 6.98. The van der Waals surface area contributed by atoms with E-state index in [9.17, 15) is 18.5 Å². The van der Waals surface area contributed by atoms with Crippen LogP contribution in [0.15, 0.2) is 23.1 Å². The zero-order chi connectivity index (χ0) is 15.5. The molecular formula is C13H19N3O4S. The highest BCUT2D eigenvalue weighted by atomic mass is 32.2. The van der Waals surface area contributed by atoms with Crippen LogP contribution in [0.2, 0.25) is 0 Å². The zero-order valence-electron chi connectivity index (χ0n) is 11.8. The van der Waals surface area contributed by atoms with Crippen molar-refractivity contribution < 1.29 is 13.3 Å². The number of nitro groups is 1. The summed E-state index contributed by atoms with van der Waals surface area (Å²) in [6, 6.07) is 3.80. The Morgan fingerprint density at radius 1 is 1.38 bits per heavy atom. The molecule has 1 fully saturated rings. The SMILES string of the molecule is CCCNc1ccc([N+](=O)[O-])cc1S(=O)(=O)NC1CCC1. The third-order valence-corrected chi connectivity index (χ3v) is 5.02. The van der Waals surface area contributed by atoms with Crippen molar-refractivity contribution in [2.75, 3.05) is 11.9 Å². The number of sulfonamides is 1. The highest BCUT2D eigenvalue weighted by molar-refractivity contribution is 7.89. The van der Waals surface area contributed by atoms with E-state index >= 15 is 0 Å². The van der Waals surface area contributed by atoms with Crippen LogP contribution >= 0.6 is 0 Å². The van der Waals surface area contributed by atoms with Crippen LogP contribution in [0.4, 0.5) is 11.4 Å². The van der Waals surface area contributed by atoms with Gasteiger partial charge >= 0.3 is 0 Å². The fraction of sp³-hybridized carbons (Fsp3) is 0.538. The topological polar surface area (TPSA) is 101 Å². The normalized spacial score (nSPS) is 15.5. The van der Waals surface area contributed by atoms with Crippen molar-refractivity contribution in [1.29, 1.82) is 0 Å². The number of nitro benzene ring substituents is 1. The van der Waals surface area contributed by atoms with Gasteiger partial charge in [0.05, 0.1) is 10.6 Å². The lowest BCUT2D eigenvalue weighted by Gasteiger charge is -2.26. The smallest absolute Gasteiger partial charge is 0.270 e. The van der Waals surface area contributed by atoms with Crippen molar-refractivity contribution in [3.8, 4) is 0 Å². The third kappa shape index (κ3) is 3.70. The van der Waals surface area contributed by atoms with Gasteiger partial charge in [-0.2, -0.15) is 0 Å². The number of non-ortho nitro benzene ring substituents is 1. The minimum absolute atomic E-state index is 0.0583. The monoisotopic (exact) mass is 313 g/mol. The molecule has 7 nitrogen and oxygen atoms in total. The fourth-order valence-corrected chi connectivity index (χ4v) is 3.57. The van der Waals surface area contributed by atoms with Crippen LogP contribution < -0.4 is 10.0 Å². The molecule has 0 aromatic heterocycles. The Kier molecular flexibility index (Phi) is 4.79. The first kappa shape index (κ1) is 15.7. The summed E-state index contributed by atoms with van der Waals surface area (Å²) in [5.41, 5.74) is 0.167. The van der Waals surface area contributed by atoms with Gasteiger partial charge in [-0.25, -0.2) is 13.1 Å². The molecule has 0 amide bonds. The summed E-state index contributed by atoms with van der Waals surface area (Å²) >= 11 is 0. The van der Waals surface area contributed by atoms with Crippen LogP contribution in [0.5, 0.6) is 0 Å². The van der Waals surface area contributed by atoms with Gasteiger partial charge < -0.3 is 5.32 Å². The zero-order valence-corrected chi connectivity index (χ0v) is 12.6. The van der Waals surface area contributed by atoms with Crippen molar-refractivity contribution >= 4 is 21.4 Å². The Hall–Kier alpha value is -1.67. The number of anilines is 1. The maximum absolute atomic E-state index is 12.4. The van der Waals surface area contributed by atoms with Gasteiger partial charge in [0.1, 0.15) is 4.90 Å². The quantitative estimate of drug-likeness (QED) is 0.594. The summed E-state index contributed by atoms with van der Waals surface area (Å²) in [6.45, 7) is 2.56. The Labute approximate surface area is 123 Å². The molecule has 0 atom stereocenters. The van der Waals surface area contributed by atoms with E-state index in [0.29, 0.717) is 12.2 Å². The van der Waals surface area contributed by atoms with Crippen molar-refractivity contribution in [1.82, 2.24) is 4.72 Å². The van der Waals surface area contributed by atoms with Gasteiger partial charge in [0.15, 0.2) is 0 Å². The van der Waals surface area contributed by atoms with Gasteiger partial charge in [0.2, 0.25) is 10.0 Å². The maximum Gasteiger partial charge on any atom is 0.270 e. The molecule has 2 rings (SSSR count). The van der Waals surface area contributed by atoms with Gasteiger partial charge in [-0.1, -0.05) is 13.3 Å². The number of hydrogen-bond donors (Lipinski definition) is 2. The predicted molar refractivity (Wildman–Crippen MR) is 79.8 cm³/mol. The maximum atomic E-state index is 12.4. The molecule has 116 valence electrons. The minimum atomic E-state index is -3.75. The molecule has 21 heavy (non-hydrogen) atoms. The van der Waals surface area contributed by atoms with Gasteiger partial charge in [0.25, 0.3) is 5.69 Å². The second-order valence-corrected chi connectivity index (χ2v) is 6.80. The first-order chi connectivity index (χ1) is 9.94. The number of nitrogens with zero attached hydrogens (tertiary/aromatic N) is 1. The molecule has 1 aliphatic carbocycles. The molecule has 8 heteroatoms. The van der Waals surface area contributed by atoms with E-state index in [1.807, 2.05) is 6.92 Å². The molecule has 1 aromatic rings. The highest BCUT2D eigenvalue weighted by Gasteiger charge is 2.28. The van der Waals surface area contributed by atoms with Crippen molar-refractivity contribution in [2.45, 2.75) is 43.5 Å². The van der Waals surface area contributed by atoms with Crippen molar-refractivity contribution in [3.05, 3.63) is 28.3 Å². The van der Waals surface area contributed by atoms with Crippen LogP contribution in [-0.4, -0.2) is 25.9 Å². The molecule has 0 heterocycles. The Balaban J connectivity index is 2.36. The molecule has 0 unspecified atom stereocenters. The number of nitrogens with one attached hydrogen (secondary N) is 2. The second kappa shape index (κ2) is 6.40. The molecule has 1 aliphatic rings. The van der Waals surface area contributed by atoms with E-state index in [2.05, 4.69) is 10.0 Å². The van der Waals surface area contributed by atoms with Crippen LogP contribution in [0.1, 0.15) is 32.6 Å². The lowest BCUT2D eigenvalue weighted by atomic mass is 9.94. The molecule has 2 N–H and O–H groups in total. The summed E-state index contributed by atoms with van der Waals surface area (Å²) in [5, 5.41) is 13.9. The molecule has 0 aliphatic heterocycles. The largest absolute Gasteiger partial charge is 0.384 e. The van der Waals surface area contributed by atoms with Crippen LogP contribution in [0.3, 0.4) is 0 Å². The van der Waals surface area contributed by atoms with Crippen molar-refractivity contribution in [2.24, 2.45) is 0 Å². The van der Waals surface area contributed by atoms with Gasteiger partial charge in [-0.3, -0.25) is 10.1 Å². The molecule has 0 saturated heterocycles. The summed E-state index contributed by atoms with van der Waals surface area (Å²) < 4.78 is 27.4. The standard InChI is InChI=1S/C13H19N3O4S/c1-2-8-14-12-7-6-11(16(17)18)9-13(12)21(19,20)15-10-4-3-5-10/h6-7,9-10,14-15H,2-5,8H2,1H3. The van der Waals surface area contributed by atoms with E-state index in [1.165, 1.54) is 12.1 Å². The lowest BCUT2D eigenvalue weighted by Crippen LogP contribution is -2.39. The summed E-state index contributed by atoms with van der Waals surface area (Å²) in [6.07, 6.45) is 3.45. The summed E-state index contributed by atoms with van der Waals surface area (Å²) in [5.74, 6) is 0. The van der Waals surface area contributed by atoms with Crippen LogP contribution in [0, 0.1) is 10.1 Å². The van der Waals surface area contributed by atoms with Gasteiger partial charge in [-0.05, 0) is 25.3 Å². The van der Waals surface area contributed by atoms with Crippen LogP contribution in [-0.2, 0) is 10.0 Å². The Morgan fingerprint density at radius 2 is 2.10 bits per heavy atom. The molecule has 1 saturated carbocycles. The molecule has 0 spiro atoms. The van der Waals surface area contributed by atoms with Gasteiger partial charge in [-0.15, -0.1) is 0 Å². The molecule has 0 radical (unpaired) electrons. The van der Waals surface area contributed by atoms with E-state index in [-0.39, 0.29) is 16.6 Å². The fourth-order valence-electron chi connectivity index (χ4n) is 2.06. The highest BCUT2D eigenvalue weighted by Crippen LogP contribution is 2.28. The molecular weight excluding hydrogens is 294 g/mol. The van der Waals surface area contributed by atoms with Gasteiger partial charge in [0, 0.05) is 24.7 Å². The van der Waals surface area contributed by atoms with E-state index in [0.717, 1.165) is 31.7 Å². The predicted octanol–water partition coefficient (Wildman–Crippen LogP) is 2.25. The number of benzene rings is 1. The Bertz CT molecular complexity index is 626. The summed E-state index contributed by atoms with van der Waals surface area (Å²) in [4.78, 5) is 10.2. The average Bonchev–Trinajstić information content (AvgIpc) is 2.40. The third-order valence-electron chi connectivity index (χ3n) is 3.46. The molecule has 0 bridgehead atoms. The van der Waals surface area contributed by atoms with Crippen LogP contribution in [0.25, 0.3) is 0 Å². The minimum Gasteiger partial charge on any atom is -0.384 e.